The SMILES string of the molecule is Cc1cc(N2CCCN(C(=O)NCc3ccc4c(c3)CCO4)CC2)ccn1. The molecule has 0 atom stereocenters. The fourth-order valence-corrected chi connectivity index (χ4v) is 3.75. The molecule has 1 N–H and O–H groups in total. The third-order valence-electron chi connectivity index (χ3n) is 5.23. The van der Waals surface area contributed by atoms with Crippen molar-refractivity contribution < 1.29 is 9.53 Å². The molecule has 142 valence electrons. The molecule has 2 aliphatic heterocycles. The minimum Gasteiger partial charge on any atom is -0.493 e. The number of carbonyl (C=O) groups is 1. The third kappa shape index (κ3) is 4.15. The van der Waals surface area contributed by atoms with E-state index < -0.39 is 0 Å². The number of anilines is 1. The zero-order valence-corrected chi connectivity index (χ0v) is 15.8. The Morgan fingerprint density at radius 1 is 1.19 bits per heavy atom. The summed E-state index contributed by atoms with van der Waals surface area (Å²) in [6, 6.07) is 10.3. The highest BCUT2D eigenvalue weighted by Gasteiger charge is 2.19. The number of hydrogen-bond acceptors (Lipinski definition) is 4. The zero-order valence-electron chi connectivity index (χ0n) is 15.8. The number of rotatable bonds is 3. The molecule has 0 radical (unpaired) electrons. The number of carbonyl (C=O) groups excluding carboxylic acids is 1. The maximum absolute atomic E-state index is 12.6. The van der Waals surface area contributed by atoms with Gasteiger partial charge in [0, 0.05) is 56.7 Å². The Morgan fingerprint density at radius 2 is 2.11 bits per heavy atom. The second-order valence-electron chi connectivity index (χ2n) is 7.18. The fraction of sp³-hybridized carbons (Fsp3) is 0.429. The quantitative estimate of drug-likeness (QED) is 0.908. The van der Waals surface area contributed by atoms with Gasteiger partial charge in [-0.25, -0.2) is 4.79 Å². The van der Waals surface area contributed by atoms with Crippen molar-refractivity contribution in [1.82, 2.24) is 15.2 Å². The van der Waals surface area contributed by atoms with Crippen molar-refractivity contribution in [3.05, 3.63) is 53.3 Å². The van der Waals surface area contributed by atoms with Crippen LogP contribution in [0.1, 0.15) is 23.2 Å². The van der Waals surface area contributed by atoms with E-state index >= 15 is 0 Å². The van der Waals surface area contributed by atoms with Crippen molar-refractivity contribution in [1.29, 1.82) is 0 Å². The molecule has 4 rings (SSSR count). The lowest BCUT2D eigenvalue weighted by molar-refractivity contribution is 0.201. The van der Waals surface area contributed by atoms with Crippen LogP contribution in [0.3, 0.4) is 0 Å². The van der Waals surface area contributed by atoms with Gasteiger partial charge in [0.2, 0.25) is 0 Å². The molecule has 1 saturated heterocycles. The summed E-state index contributed by atoms with van der Waals surface area (Å²) < 4.78 is 5.54. The van der Waals surface area contributed by atoms with Crippen molar-refractivity contribution in [3.63, 3.8) is 0 Å². The van der Waals surface area contributed by atoms with Gasteiger partial charge in [-0.3, -0.25) is 4.98 Å². The number of fused-ring (bicyclic) bond motifs is 1. The van der Waals surface area contributed by atoms with Gasteiger partial charge in [-0.2, -0.15) is 0 Å². The molecule has 0 unspecified atom stereocenters. The molecule has 0 saturated carbocycles. The van der Waals surface area contributed by atoms with E-state index in [-0.39, 0.29) is 6.03 Å². The first-order chi connectivity index (χ1) is 13.2. The number of ether oxygens (including phenoxy) is 1. The number of hydrogen-bond donors (Lipinski definition) is 1. The molecule has 6 nitrogen and oxygen atoms in total. The number of amides is 2. The smallest absolute Gasteiger partial charge is 0.317 e. The van der Waals surface area contributed by atoms with Crippen molar-refractivity contribution in [2.75, 3.05) is 37.7 Å². The Kier molecular flexibility index (Phi) is 5.14. The van der Waals surface area contributed by atoms with Crippen molar-refractivity contribution in [2.24, 2.45) is 0 Å². The lowest BCUT2D eigenvalue weighted by atomic mass is 10.1. The molecule has 2 aromatic rings. The standard InChI is InChI=1S/C21H26N4O2/c1-16-13-19(5-7-22-16)24-8-2-9-25(11-10-24)21(26)23-15-17-3-4-20-18(14-17)6-12-27-20/h3-5,7,13-14H,2,6,8-12,15H2,1H3,(H,23,26). The van der Waals surface area contributed by atoms with Crippen LogP contribution in [0.25, 0.3) is 0 Å². The highest BCUT2D eigenvalue weighted by Crippen LogP contribution is 2.25. The van der Waals surface area contributed by atoms with Gasteiger partial charge in [-0.1, -0.05) is 12.1 Å². The van der Waals surface area contributed by atoms with Gasteiger partial charge in [0.15, 0.2) is 0 Å². The number of nitrogens with one attached hydrogen (secondary N) is 1. The number of aryl methyl sites for hydroxylation is 1. The second-order valence-corrected chi connectivity index (χ2v) is 7.18. The number of nitrogens with zero attached hydrogens (tertiary/aromatic N) is 3. The highest BCUT2D eigenvalue weighted by molar-refractivity contribution is 5.74. The van der Waals surface area contributed by atoms with E-state index in [0.29, 0.717) is 6.54 Å². The molecular formula is C21H26N4O2. The fourth-order valence-electron chi connectivity index (χ4n) is 3.75. The summed E-state index contributed by atoms with van der Waals surface area (Å²) in [7, 11) is 0. The minimum absolute atomic E-state index is 0.0134. The molecule has 1 aromatic carbocycles. The Bertz CT molecular complexity index is 824. The van der Waals surface area contributed by atoms with Crippen molar-refractivity contribution >= 4 is 11.7 Å². The van der Waals surface area contributed by atoms with Crippen LogP contribution in [0.4, 0.5) is 10.5 Å². The van der Waals surface area contributed by atoms with Crippen LogP contribution in [0.15, 0.2) is 36.5 Å². The summed E-state index contributed by atoms with van der Waals surface area (Å²) in [4.78, 5) is 21.1. The van der Waals surface area contributed by atoms with Gasteiger partial charge in [0.05, 0.1) is 6.61 Å². The molecule has 2 amide bonds. The predicted molar refractivity (Wildman–Crippen MR) is 105 cm³/mol. The van der Waals surface area contributed by atoms with E-state index in [1.54, 1.807) is 0 Å². The normalized spacial score (nSPS) is 16.5. The second kappa shape index (κ2) is 7.86. The molecule has 27 heavy (non-hydrogen) atoms. The van der Waals surface area contributed by atoms with Gasteiger partial charge < -0.3 is 19.9 Å². The predicted octanol–water partition coefficient (Wildman–Crippen LogP) is 2.75. The van der Waals surface area contributed by atoms with E-state index in [0.717, 1.165) is 62.6 Å². The first kappa shape index (κ1) is 17.6. The van der Waals surface area contributed by atoms with E-state index in [4.69, 9.17) is 4.74 Å². The van der Waals surface area contributed by atoms with Crippen LogP contribution in [0.5, 0.6) is 5.75 Å². The first-order valence-corrected chi connectivity index (χ1v) is 9.64. The Balaban J connectivity index is 1.31. The summed E-state index contributed by atoms with van der Waals surface area (Å²) in [5.41, 5.74) is 4.56. The van der Waals surface area contributed by atoms with Crippen LogP contribution >= 0.6 is 0 Å². The topological polar surface area (TPSA) is 57.7 Å². The Labute approximate surface area is 160 Å². The van der Waals surface area contributed by atoms with Crippen molar-refractivity contribution in [3.8, 4) is 5.75 Å². The monoisotopic (exact) mass is 366 g/mol. The lowest BCUT2D eigenvalue weighted by Gasteiger charge is -2.24. The first-order valence-electron chi connectivity index (χ1n) is 9.64. The molecular weight excluding hydrogens is 340 g/mol. The van der Waals surface area contributed by atoms with Crippen LogP contribution in [0.2, 0.25) is 0 Å². The number of aromatic nitrogens is 1. The van der Waals surface area contributed by atoms with Crippen LogP contribution in [-0.4, -0.2) is 48.7 Å². The van der Waals surface area contributed by atoms with E-state index in [9.17, 15) is 4.79 Å². The van der Waals surface area contributed by atoms with Gasteiger partial charge in [-0.15, -0.1) is 0 Å². The summed E-state index contributed by atoms with van der Waals surface area (Å²) in [6.45, 7) is 6.62. The average molecular weight is 366 g/mol. The number of urea groups is 1. The van der Waals surface area contributed by atoms with Gasteiger partial charge in [0.25, 0.3) is 0 Å². The zero-order chi connectivity index (χ0) is 18.6. The molecule has 6 heteroatoms. The van der Waals surface area contributed by atoms with Gasteiger partial charge in [-0.05, 0) is 42.7 Å². The van der Waals surface area contributed by atoms with Crippen LogP contribution in [-0.2, 0) is 13.0 Å². The van der Waals surface area contributed by atoms with Gasteiger partial charge >= 0.3 is 6.03 Å². The number of pyridine rings is 1. The lowest BCUT2D eigenvalue weighted by Crippen LogP contribution is -2.41. The molecule has 0 bridgehead atoms. The summed E-state index contributed by atoms with van der Waals surface area (Å²) >= 11 is 0. The maximum atomic E-state index is 12.6. The van der Waals surface area contributed by atoms with Crippen molar-refractivity contribution in [2.45, 2.75) is 26.3 Å². The van der Waals surface area contributed by atoms with E-state index in [1.165, 1.54) is 11.3 Å². The molecule has 1 fully saturated rings. The van der Waals surface area contributed by atoms with Crippen LogP contribution in [0, 0.1) is 6.92 Å². The summed E-state index contributed by atoms with van der Waals surface area (Å²) in [5.74, 6) is 0.976. The summed E-state index contributed by atoms with van der Waals surface area (Å²) in [6.07, 6.45) is 3.76. The Morgan fingerprint density at radius 3 is 3.00 bits per heavy atom. The van der Waals surface area contributed by atoms with E-state index in [2.05, 4.69) is 27.3 Å². The average Bonchev–Trinajstić information content (AvgIpc) is 3.00. The Hall–Kier alpha value is -2.76. The van der Waals surface area contributed by atoms with Crippen LogP contribution < -0.4 is 15.0 Å². The highest BCUT2D eigenvalue weighted by atomic mass is 16.5. The molecule has 3 heterocycles. The minimum atomic E-state index is 0.0134. The third-order valence-corrected chi connectivity index (χ3v) is 5.23. The molecule has 0 spiro atoms. The van der Waals surface area contributed by atoms with E-state index in [1.807, 2.05) is 36.2 Å². The largest absolute Gasteiger partial charge is 0.493 e. The van der Waals surface area contributed by atoms with Gasteiger partial charge in [0.1, 0.15) is 5.75 Å². The molecule has 0 aliphatic carbocycles. The molecule has 1 aromatic heterocycles. The molecule has 2 aliphatic rings. The number of benzene rings is 1. The maximum Gasteiger partial charge on any atom is 0.317 e. The summed E-state index contributed by atoms with van der Waals surface area (Å²) in [5, 5.41) is 3.07.